The number of nitrogens with zero attached hydrogens (tertiary/aromatic N) is 3. The number of aromatic nitrogens is 2. The molecule has 0 saturated carbocycles. The Kier molecular flexibility index (Phi) is 4.70. The molecule has 2 heterocycles. The van der Waals surface area contributed by atoms with E-state index in [1.54, 1.807) is 0 Å². The molecule has 0 unspecified atom stereocenters. The molecule has 1 aromatic carbocycles. The van der Waals surface area contributed by atoms with Gasteiger partial charge in [0.15, 0.2) is 0 Å². The van der Waals surface area contributed by atoms with Gasteiger partial charge < -0.3 is 4.57 Å². The lowest BCUT2D eigenvalue weighted by atomic mass is 10.1. The molecular weight excluding hydrogens is 312 g/mol. The van der Waals surface area contributed by atoms with Crippen molar-refractivity contribution >= 4 is 21.1 Å². The van der Waals surface area contributed by atoms with E-state index < -0.39 is 10.0 Å². The molecule has 1 aromatic heterocycles. The van der Waals surface area contributed by atoms with Gasteiger partial charge in [0.25, 0.3) is 0 Å². The van der Waals surface area contributed by atoms with Crippen LogP contribution in [-0.4, -0.2) is 48.8 Å². The first-order valence-corrected chi connectivity index (χ1v) is 9.96. The summed E-state index contributed by atoms with van der Waals surface area (Å²) >= 11 is 0. The molecule has 0 aliphatic carbocycles. The van der Waals surface area contributed by atoms with E-state index in [1.807, 2.05) is 18.2 Å². The van der Waals surface area contributed by atoms with Crippen molar-refractivity contribution in [3.05, 3.63) is 30.1 Å². The fourth-order valence-corrected chi connectivity index (χ4v) is 3.83. The van der Waals surface area contributed by atoms with Crippen molar-refractivity contribution in [2.24, 2.45) is 5.92 Å². The summed E-state index contributed by atoms with van der Waals surface area (Å²) < 4.78 is 27.3. The molecule has 1 fully saturated rings. The molecule has 0 amide bonds. The number of nitrogens with one attached hydrogen (secondary N) is 1. The van der Waals surface area contributed by atoms with Crippen molar-refractivity contribution < 1.29 is 8.42 Å². The number of likely N-dealkylation sites (tertiary alicyclic amines) is 1. The Bertz CT molecular complexity index is 784. The van der Waals surface area contributed by atoms with Crippen LogP contribution >= 0.6 is 0 Å². The average Bonchev–Trinajstić information content (AvgIpc) is 3.08. The van der Waals surface area contributed by atoms with E-state index in [0.717, 1.165) is 43.9 Å². The minimum atomic E-state index is -3.10. The highest BCUT2D eigenvalue weighted by atomic mass is 32.2. The number of hydrogen-bond acceptors (Lipinski definition) is 4. The van der Waals surface area contributed by atoms with Crippen LogP contribution in [0.1, 0.15) is 19.2 Å². The number of fused-ring (bicyclic) bond motifs is 1. The molecular formula is C16H24N4O2S. The highest BCUT2D eigenvalue weighted by Crippen LogP contribution is 2.21. The molecule has 0 bridgehead atoms. The van der Waals surface area contributed by atoms with Crippen LogP contribution in [0.4, 0.5) is 0 Å². The molecule has 3 rings (SSSR count). The smallest absolute Gasteiger partial charge is 0.208 e. The van der Waals surface area contributed by atoms with Gasteiger partial charge in [-0.3, -0.25) is 4.90 Å². The quantitative estimate of drug-likeness (QED) is 0.866. The van der Waals surface area contributed by atoms with Crippen LogP contribution in [0.5, 0.6) is 0 Å². The zero-order chi connectivity index (χ0) is 16.4. The highest BCUT2D eigenvalue weighted by molar-refractivity contribution is 7.88. The van der Waals surface area contributed by atoms with E-state index in [4.69, 9.17) is 4.98 Å². The van der Waals surface area contributed by atoms with E-state index in [-0.39, 0.29) is 0 Å². The van der Waals surface area contributed by atoms with Gasteiger partial charge in [-0.15, -0.1) is 0 Å². The van der Waals surface area contributed by atoms with Gasteiger partial charge >= 0.3 is 0 Å². The maximum absolute atomic E-state index is 11.2. The van der Waals surface area contributed by atoms with Crippen molar-refractivity contribution in [2.75, 3.05) is 25.9 Å². The number of benzene rings is 1. The van der Waals surface area contributed by atoms with Gasteiger partial charge in [-0.1, -0.05) is 12.1 Å². The van der Waals surface area contributed by atoms with E-state index in [0.29, 0.717) is 12.5 Å². The zero-order valence-electron chi connectivity index (χ0n) is 13.7. The van der Waals surface area contributed by atoms with Crippen LogP contribution in [0.25, 0.3) is 11.0 Å². The maximum Gasteiger partial charge on any atom is 0.208 e. The van der Waals surface area contributed by atoms with Crippen LogP contribution in [0.2, 0.25) is 0 Å². The number of hydrogen-bond donors (Lipinski definition) is 1. The SMILES string of the molecule is CCn1c(CN2CC[C@@H](CNS(C)(=O)=O)C2)nc2ccccc21. The number of imidazole rings is 1. The molecule has 0 radical (unpaired) electrons. The summed E-state index contributed by atoms with van der Waals surface area (Å²) in [6.45, 7) is 6.29. The molecule has 7 heteroatoms. The highest BCUT2D eigenvalue weighted by Gasteiger charge is 2.24. The van der Waals surface area contributed by atoms with Crippen molar-refractivity contribution in [3.8, 4) is 0 Å². The van der Waals surface area contributed by atoms with E-state index in [9.17, 15) is 8.42 Å². The molecule has 1 aliphatic heterocycles. The lowest BCUT2D eigenvalue weighted by Crippen LogP contribution is -2.30. The summed E-state index contributed by atoms with van der Waals surface area (Å²) in [4.78, 5) is 7.13. The van der Waals surface area contributed by atoms with E-state index >= 15 is 0 Å². The predicted molar refractivity (Wildman–Crippen MR) is 91.6 cm³/mol. The maximum atomic E-state index is 11.2. The minimum absolute atomic E-state index is 0.379. The Morgan fingerprint density at radius 2 is 2.13 bits per heavy atom. The minimum Gasteiger partial charge on any atom is -0.327 e. The molecule has 6 nitrogen and oxygen atoms in total. The predicted octanol–water partition coefficient (Wildman–Crippen LogP) is 1.43. The number of aryl methyl sites for hydroxylation is 1. The standard InChI is InChI=1S/C16H24N4O2S/c1-3-20-15-7-5-4-6-14(15)18-16(20)12-19-9-8-13(11-19)10-17-23(2,21)22/h4-7,13,17H,3,8-12H2,1-2H3/t13-/m0/s1. The molecule has 0 spiro atoms. The number of para-hydroxylation sites is 2. The van der Waals surface area contributed by atoms with Gasteiger partial charge in [-0.2, -0.15) is 0 Å². The summed E-state index contributed by atoms with van der Waals surface area (Å²) in [5.74, 6) is 1.47. The Labute approximate surface area is 137 Å². The molecule has 1 aliphatic rings. The second-order valence-corrected chi connectivity index (χ2v) is 8.10. The summed E-state index contributed by atoms with van der Waals surface area (Å²) in [6.07, 6.45) is 2.23. The summed E-state index contributed by atoms with van der Waals surface area (Å²) in [5, 5.41) is 0. The van der Waals surface area contributed by atoms with Crippen molar-refractivity contribution in [1.82, 2.24) is 19.2 Å². The molecule has 1 saturated heterocycles. The fraction of sp³-hybridized carbons (Fsp3) is 0.562. The fourth-order valence-electron chi connectivity index (χ4n) is 3.29. The third-order valence-corrected chi connectivity index (χ3v) is 5.11. The Morgan fingerprint density at radius 1 is 1.35 bits per heavy atom. The lowest BCUT2D eigenvalue weighted by Gasteiger charge is -2.16. The molecule has 2 aromatic rings. The van der Waals surface area contributed by atoms with E-state index in [2.05, 4.69) is 27.2 Å². The van der Waals surface area contributed by atoms with Gasteiger partial charge in [0.05, 0.1) is 23.8 Å². The van der Waals surface area contributed by atoms with Crippen LogP contribution in [-0.2, 0) is 23.1 Å². The second kappa shape index (κ2) is 6.59. The van der Waals surface area contributed by atoms with Gasteiger partial charge in [0.2, 0.25) is 10.0 Å². The third kappa shape index (κ3) is 3.91. The molecule has 23 heavy (non-hydrogen) atoms. The van der Waals surface area contributed by atoms with Crippen LogP contribution in [0.3, 0.4) is 0 Å². The lowest BCUT2D eigenvalue weighted by molar-refractivity contribution is 0.304. The molecule has 1 N–H and O–H groups in total. The Morgan fingerprint density at radius 3 is 2.87 bits per heavy atom. The Hall–Kier alpha value is -1.44. The van der Waals surface area contributed by atoms with E-state index in [1.165, 1.54) is 11.8 Å². The van der Waals surface area contributed by atoms with Crippen molar-refractivity contribution in [3.63, 3.8) is 0 Å². The average molecular weight is 336 g/mol. The van der Waals surface area contributed by atoms with Gasteiger partial charge in [-0.25, -0.2) is 18.1 Å². The Balaban J connectivity index is 1.66. The van der Waals surface area contributed by atoms with Gasteiger partial charge in [0.1, 0.15) is 5.82 Å². The van der Waals surface area contributed by atoms with Crippen LogP contribution < -0.4 is 4.72 Å². The molecule has 1 atom stereocenters. The summed E-state index contributed by atoms with van der Waals surface area (Å²) in [5.41, 5.74) is 2.22. The molecule has 126 valence electrons. The van der Waals surface area contributed by atoms with Gasteiger partial charge in [0, 0.05) is 19.6 Å². The number of rotatable bonds is 6. The largest absolute Gasteiger partial charge is 0.327 e. The first-order chi connectivity index (χ1) is 11.0. The third-order valence-electron chi connectivity index (χ3n) is 4.42. The van der Waals surface area contributed by atoms with Gasteiger partial charge in [-0.05, 0) is 37.9 Å². The number of sulfonamides is 1. The second-order valence-electron chi connectivity index (χ2n) is 6.27. The van der Waals surface area contributed by atoms with Crippen molar-refractivity contribution in [2.45, 2.75) is 26.4 Å². The summed E-state index contributed by atoms with van der Waals surface area (Å²) in [7, 11) is -3.10. The zero-order valence-corrected chi connectivity index (χ0v) is 14.5. The van der Waals surface area contributed by atoms with Crippen molar-refractivity contribution in [1.29, 1.82) is 0 Å². The van der Waals surface area contributed by atoms with Crippen LogP contribution in [0.15, 0.2) is 24.3 Å². The topological polar surface area (TPSA) is 67.2 Å². The normalized spacial score (nSPS) is 19.7. The summed E-state index contributed by atoms with van der Waals surface area (Å²) in [6, 6.07) is 8.22. The van der Waals surface area contributed by atoms with Crippen LogP contribution in [0, 0.1) is 5.92 Å². The first-order valence-electron chi connectivity index (χ1n) is 8.07. The monoisotopic (exact) mass is 336 g/mol. The first kappa shape index (κ1) is 16.4.